The van der Waals surface area contributed by atoms with Crippen LogP contribution in [0.5, 0.6) is 0 Å². The van der Waals surface area contributed by atoms with Gasteiger partial charge in [-0.25, -0.2) is 4.79 Å². The number of rotatable bonds is 1. The lowest BCUT2D eigenvalue weighted by Gasteiger charge is -2.31. The summed E-state index contributed by atoms with van der Waals surface area (Å²) in [7, 11) is 2.09. The Labute approximate surface area is 111 Å². The Morgan fingerprint density at radius 1 is 1.21 bits per heavy atom. The van der Waals surface area contributed by atoms with Crippen molar-refractivity contribution in [2.24, 2.45) is 0 Å². The lowest BCUT2D eigenvalue weighted by Crippen LogP contribution is -2.45. The molecule has 1 aromatic heterocycles. The molecule has 0 amide bonds. The monoisotopic (exact) mass is 259 g/mol. The minimum absolute atomic E-state index is 0.294. The Morgan fingerprint density at radius 3 is 2.68 bits per heavy atom. The van der Waals surface area contributed by atoms with Gasteiger partial charge in [-0.15, -0.1) is 0 Å². The summed E-state index contributed by atoms with van der Waals surface area (Å²) in [5.74, 6) is 0. The molecule has 0 bridgehead atoms. The minimum atomic E-state index is -0.294. The molecule has 19 heavy (non-hydrogen) atoms. The molecule has 1 aliphatic heterocycles. The fourth-order valence-corrected chi connectivity index (χ4v) is 2.40. The van der Waals surface area contributed by atoms with Crippen molar-refractivity contribution < 1.29 is 4.42 Å². The van der Waals surface area contributed by atoms with Gasteiger partial charge in [-0.1, -0.05) is 12.1 Å². The molecule has 5 nitrogen and oxygen atoms in total. The molecule has 5 heteroatoms. The second kappa shape index (κ2) is 4.66. The second-order valence-electron chi connectivity index (χ2n) is 5.04. The van der Waals surface area contributed by atoms with Gasteiger partial charge in [-0.2, -0.15) is 4.98 Å². The zero-order chi connectivity index (χ0) is 13.4. The molecule has 0 N–H and O–H groups in total. The smallest absolute Gasteiger partial charge is 0.348 e. The van der Waals surface area contributed by atoms with E-state index in [1.807, 2.05) is 30.0 Å². The third kappa shape index (κ3) is 2.21. The predicted molar refractivity (Wildman–Crippen MR) is 74.7 cm³/mol. The van der Waals surface area contributed by atoms with Gasteiger partial charge in [0.05, 0.1) is 10.9 Å². The third-order valence-electron chi connectivity index (χ3n) is 3.63. The van der Waals surface area contributed by atoms with Crippen LogP contribution in [0, 0.1) is 6.92 Å². The average molecular weight is 259 g/mol. The molecule has 3 rings (SSSR count). The van der Waals surface area contributed by atoms with E-state index in [0.29, 0.717) is 16.9 Å². The number of hydrogen-bond donors (Lipinski definition) is 0. The van der Waals surface area contributed by atoms with Gasteiger partial charge in [0.1, 0.15) is 0 Å². The first-order chi connectivity index (χ1) is 9.15. The van der Waals surface area contributed by atoms with Crippen LogP contribution >= 0.6 is 0 Å². The average Bonchev–Trinajstić information content (AvgIpc) is 2.39. The Bertz CT molecular complexity index is 657. The van der Waals surface area contributed by atoms with E-state index >= 15 is 0 Å². The quantitative estimate of drug-likeness (QED) is 0.771. The number of aryl methyl sites for hydroxylation is 1. The topological polar surface area (TPSA) is 49.6 Å². The molecule has 1 fully saturated rings. The van der Waals surface area contributed by atoms with Crippen LogP contribution in [-0.4, -0.2) is 43.1 Å². The third-order valence-corrected chi connectivity index (χ3v) is 3.63. The molecule has 1 aromatic carbocycles. The van der Waals surface area contributed by atoms with Crippen LogP contribution in [0.15, 0.2) is 27.4 Å². The maximum atomic E-state index is 12.1. The highest BCUT2D eigenvalue weighted by Crippen LogP contribution is 2.18. The van der Waals surface area contributed by atoms with Gasteiger partial charge in [0, 0.05) is 26.2 Å². The summed E-state index contributed by atoms with van der Waals surface area (Å²) >= 11 is 0. The summed E-state index contributed by atoms with van der Waals surface area (Å²) in [6, 6.07) is 6.11. The van der Waals surface area contributed by atoms with Crippen molar-refractivity contribution >= 4 is 16.9 Å². The molecule has 0 radical (unpaired) electrons. The number of hydrogen-bond acceptors (Lipinski definition) is 5. The normalized spacial score (nSPS) is 17.1. The molecule has 0 atom stereocenters. The number of benzene rings is 1. The van der Waals surface area contributed by atoms with E-state index in [4.69, 9.17) is 4.42 Å². The molecule has 2 heterocycles. The van der Waals surface area contributed by atoms with Crippen molar-refractivity contribution in [1.82, 2.24) is 9.88 Å². The van der Waals surface area contributed by atoms with Gasteiger partial charge in [0.15, 0.2) is 0 Å². The Hall–Kier alpha value is -1.88. The summed E-state index contributed by atoms with van der Waals surface area (Å²) in [6.45, 7) is 5.48. The van der Waals surface area contributed by atoms with Crippen LogP contribution < -0.4 is 10.5 Å². The highest BCUT2D eigenvalue weighted by molar-refractivity contribution is 5.81. The Balaban J connectivity index is 2.04. The van der Waals surface area contributed by atoms with Gasteiger partial charge >= 0.3 is 11.6 Å². The van der Waals surface area contributed by atoms with E-state index in [-0.39, 0.29) is 5.63 Å². The van der Waals surface area contributed by atoms with Crippen LogP contribution in [0.1, 0.15) is 5.56 Å². The summed E-state index contributed by atoms with van der Waals surface area (Å²) < 4.78 is 5.39. The summed E-state index contributed by atoms with van der Waals surface area (Å²) in [5, 5.41) is 0.584. The molecular weight excluding hydrogens is 242 g/mol. The van der Waals surface area contributed by atoms with Crippen LogP contribution in [0.25, 0.3) is 10.9 Å². The van der Waals surface area contributed by atoms with Crippen molar-refractivity contribution in [3.63, 3.8) is 0 Å². The summed E-state index contributed by atoms with van der Waals surface area (Å²) in [5.41, 5.74) is 1.32. The number of aromatic nitrogens is 1. The number of anilines is 1. The standard InChI is InChI=1S/C14H17N3O2/c1-10-4-3-5-11-12(10)13(18)19-14(15-11)17-8-6-16(2)7-9-17/h3-5H,6-9H2,1-2H3. The maximum absolute atomic E-state index is 12.1. The fourth-order valence-electron chi connectivity index (χ4n) is 2.40. The molecule has 2 aromatic rings. The summed E-state index contributed by atoms with van der Waals surface area (Å²) in [4.78, 5) is 20.9. The minimum Gasteiger partial charge on any atom is -0.389 e. The Morgan fingerprint density at radius 2 is 1.95 bits per heavy atom. The molecule has 100 valence electrons. The van der Waals surface area contributed by atoms with Gasteiger partial charge in [-0.05, 0) is 25.6 Å². The molecule has 1 saturated heterocycles. The fraction of sp³-hybridized carbons (Fsp3) is 0.429. The zero-order valence-electron chi connectivity index (χ0n) is 11.2. The largest absolute Gasteiger partial charge is 0.389 e. The van der Waals surface area contributed by atoms with Gasteiger partial charge < -0.3 is 14.2 Å². The molecule has 0 unspecified atom stereocenters. The second-order valence-corrected chi connectivity index (χ2v) is 5.04. The molecule has 1 aliphatic rings. The molecule has 0 saturated carbocycles. The lowest BCUT2D eigenvalue weighted by atomic mass is 10.1. The zero-order valence-corrected chi connectivity index (χ0v) is 11.2. The number of piperazine rings is 1. The number of likely N-dealkylation sites (N-methyl/N-ethyl adjacent to an activating group) is 1. The number of fused-ring (bicyclic) bond motifs is 1. The van der Waals surface area contributed by atoms with Crippen molar-refractivity contribution in [2.45, 2.75) is 6.92 Å². The van der Waals surface area contributed by atoms with E-state index in [1.165, 1.54) is 0 Å². The highest BCUT2D eigenvalue weighted by atomic mass is 16.4. The van der Waals surface area contributed by atoms with Gasteiger partial charge in [-0.3, -0.25) is 0 Å². The van der Waals surface area contributed by atoms with Crippen molar-refractivity contribution in [3.05, 3.63) is 34.2 Å². The van der Waals surface area contributed by atoms with E-state index < -0.39 is 0 Å². The number of nitrogens with zero attached hydrogens (tertiary/aromatic N) is 3. The van der Waals surface area contributed by atoms with Crippen LogP contribution in [0.3, 0.4) is 0 Å². The molecular formula is C14H17N3O2. The van der Waals surface area contributed by atoms with Crippen molar-refractivity contribution in [3.8, 4) is 0 Å². The highest BCUT2D eigenvalue weighted by Gasteiger charge is 2.19. The van der Waals surface area contributed by atoms with Crippen LogP contribution in [-0.2, 0) is 0 Å². The lowest BCUT2D eigenvalue weighted by molar-refractivity contribution is 0.302. The first-order valence-electron chi connectivity index (χ1n) is 6.49. The van der Waals surface area contributed by atoms with Crippen molar-refractivity contribution in [2.75, 3.05) is 38.1 Å². The van der Waals surface area contributed by atoms with E-state index in [1.54, 1.807) is 0 Å². The SMILES string of the molecule is Cc1cccc2nc(N3CCN(C)CC3)oc(=O)c12. The van der Waals surface area contributed by atoms with Crippen LogP contribution in [0.2, 0.25) is 0 Å². The van der Waals surface area contributed by atoms with Crippen molar-refractivity contribution in [1.29, 1.82) is 0 Å². The first kappa shape index (κ1) is 12.2. The maximum Gasteiger partial charge on any atom is 0.348 e. The predicted octanol–water partition coefficient (Wildman–Crippen LogP) is 1.25. The van der Waals surface area contributed by atoms with Gasteiger partial charge in [0.2, 0.25) is 0 Å². The first-order valence-corrected chi connectivity index (χ1v) is 6.49. The molecule has 0 aliphatic carbocycles. The summed E-state index contributed by atoms with van der Waals surface area (Å²) in [6.07, 6.45) is 0. The van der Waals surface area contributed by atoms with E-state index in [0.717, 1.165) is 31.7 Å². The van der Waals surface area contributed by atoms with Gasteiger partial charge in [0.25, 0.3) is 0 Å². The molecule has 0 spiro atoms. The van der Waals surface area contributed by atoms with E-state index in [9.17, 15) is 4.79 Å². The van der Waals surface area contributed by atoms with Crippen LogP contribution in [0.4, 0.5) is 6.01 Å². The Kier molecular flexibility index (Phi) is 2.98. The van der Waals surface area contributed by atoms with E-state index in [2.05, 4.69) is 16.9 Å².